The first-order valence-electron chi connectivity index (χ1n) is 7.47. The van der Waals surface area contributed by atoms with E-state index < -0.39 is 22.3 Å². The number of anilines is 1. The van der Waals surface area contributed by atoms with Gasteiger partial charge in [-0.15, -0.1) is 10.2 Å². The molecule has 25 heavy (non-hydrogen) atoms. The van der Waals surface area contributed by atoms with Gasteiger partial charge in [-0.05, 0) is 18.8 Å². The molecule has 1 fully saturated rings. The van der Waals surface area contributed by atoms with E-state index >= 15 is 0 Å². The molecule has 0 radical (unpaired) electrons. The molecule has 0 saturated heterocycles. The van der Waals surface area contributed by atoms with Crippen molar-refractivity contribution < 1.29 is 21.6 Å². The van der Waals surface area contributed by atoms with Gasteiger partial charge in [-0.3, -0.25) is 0 Å². The molecule has 1 aliphatic rings. The third-order valence-electron chi connectivity index (χ3n) is 3.60. The Morgan fingerprint density at radius 3 is 2.48 bits per heavy atom. The molecule has 2 aromatic heterocycles. The van der Waals surface area contributed by atoms with Crippen molar-refractivity contribution in [2.45, 2.75) is 25.3 Å². The molecule has 0 amide bonds. The van der Waals surface area contributed by atoms with Gasteiger partial charge in [0.25, 0.3) is 11.8 Å². The lowest BCUT2D eigenvalue weighted by molar-refractivity contribution is 0.116. The summed E-state index contributed by atoms with van der Waals surface area (Å²) in [5.41, 5.74) is 0.308. The van der Waals surface area contributed by atoms with Crippen LogP contribution in [-0.2, 0) is 10.0 Å². The summed E-state index contributed by atoms with van der Waals surface area (Å²) in [4.78, 5) is 8.18. The third-order valence-corrected chi connectivity index (χ3v) is 4.29. The van der Waals surface area contributed by atoms with E-state index in [-0.39, 0.29) is 18.5 Å². The first-order chi connectivity index (χ1) is 11.8. The van der Waals surface area contributed by atoms with Gasteiger partial charge in [-0.1, -0.05) is 0 Å². The highest BCUT2D eigenvalue weighted by Crippen LogP contribution is 2.33. The number of hydrogen-bond acceptors (Lipinski definition) is 8. The predicted octanol–water partition coefficient (Wildman–Crippen LogP) is 1.20. The fourth-order valence-corrected chi connectivity index (χ4v) is 2.68. The second-order valence-corrected chi connectivity index (χ2v) is 7.58. The van der Waals surface area contributed by atoms with Crippen LogP contribution in [0.15, 0.2) is 16.8 Å². The largest absolute Gasteiger partial charge is 0.415 e. The number of sulfonamides is 1. The second kappa shape index (κ2) is 6.96. The van der Waals surface area contributed by atoms with Crippen molar-refractivity contribution in [3.63, 3.8) is 0 Å². The van der Waals surface area contributed by atoms with Gasteiger partial charge in [-0.2, -0.15) is 8.78 Å². The van der Waals surface area contributed by atoms with E-state index in [0.717, 1.165) is 19.1 Å². The number of nitrogens with zero attached hydrogens (tertiary/aromatic N) is 4. The molecule has 2 aromatic rings. The Balaban J connectivity index is 1.66. The maximum atomic E-state index is 12.5. The number of rotatable bonds is 8. The van der Waals surface area contributed by atoms with Crippen LogP contribution in [0.5, 0.6) is 0 Å². The molecule has 3 rings (SSSR count). The lowest BCUT2D eigenvalue weighted by Gasteiger charge is -2.18. The highest BCUT2D eigenvalue weighted by atomic mass is 32.2. The molecule has 9 nitrogen and oxygen atoms in total. The van der Waals surface area contributed by atoms with Gasteiger partial charge in [-0.25, -0.2) is 23.1 Å². The lowest BCUT2D eigenvalue weighted by Crippen LogP contribution is -2.37. The van der Waals surface area contributed by atoms with Crippen molar-refractivity contribution in [1.29, 1.82) is 0 Å². The Labute approximate surface area is 142 Å². The lowest BCUT2D eigenvalue weighted by atomic mass is 10.2. The van der Waals surface area contributed by atoms with Crippen molar-refractivity contribution in [3.8, 4) is 11.5 Å². The SMILES string of the molecule is CS(=O)(=O)NCC(Nc1ncc(-c2nnc(C(F)F)o2)cn1)C1CC1. The molecule has 1 aliphatic carbocycles. The zero-order chi connectivity index (χ0) is 18.0. The normalized spacial score (nSPS) is 16.2. The summed E-state index contributed by atoms with van der Waals surface area (Å²) in [6, 6.07) is -0.130. The minimum absolute atomic E-state index is 0.0978. The predicted molar refractivity (Wildman–Crippen MR) is 83.3 cm³/mol. The zero-order valence-corrected chi connectivity index (χ0v) is 14.0. The van der Waals surface area contributed by atoms with Gasteiger partial charge in [0.2, 0.25) is 16.0 Å². The van der Waals surface area contributed by atoms with Crippen LogP contribution < -0.4 is 10.0 Å². The molecule has 2 N–H and O–H groups in total. The summed E-state index contributed by atoms with van der Waals surface area (Å²) in [5, 5.41) is 9.84. The van der Waals surface area contributed by atoms with E-state index in [4.69, 9.17) is 4.42 Å². The number of aromatic nitrogens is 4. The van der Waals surface area contributed by atoms with Crippen LogP contribution in [0.2, 0.25) is 0 Å². The van der Waals surface area contributed by atoms with Gasteiger partial charge in [0.1, 0.15) is 0 Å². The topological polar surface area (TPSA) is 123 Å². The van der Waals surface area contributed by atoms with Gasteiger partial charge in [0, 0.05) is 25.0 Å². The highest BCUT2D eigenvalue weighted by molar-refractivity contribution is 7.88. The van der Waals surface area contributed by atoms with Crippen molar-refractivity contribution >= 4 is 16.0 Å². The Hall–Kier alpha value is -2.21. The van der Waals surface area contributed by atoms with Crippen molar-refractivity contribution in [1.82, 2.24) is 24.9 Å². The van der Waals surface area contributed by atoms with Gasteiger partial charge in [0.05, 0.1) is 11.8 Å². The van der Waals surface area contributed by atoms with E-state index in [1.807, 2.05) is 0 Å². The Kier molecular flexibility index (Phi) is 4.90. The molecule has 1 unspecified atom stereocenters. The Morgan fingerprint density at radius 2 is 1.96 bits per heavy atom. The molecule has 0 aliphatic heterocycles. The number of halogens is 2. The summed E-state index contributed by atoms with van der Waals surface area (Å²) in [5.74, 6) is -0.219. The van der Waals surface area contributed by atoms with Crippen molar-refractivity contribution in [2.75, 3.05) is 18.1 Å². The van der Waals surface area contributed by atoms with E-state index in [0.29, 0.717) is 17.4 Å². The van der Waals surface area contributed by atoms with E-state index in [9.17, 15) is 17.2 Å². The molecule has 1 atom stereocenters. The fourth-order valence-electron chi connectivity index (χ4n) is 2.19. The van der Waals surface area contributed by atoms with Crippen LogP contribution in [0.3, 0.4) is 0 Å². The van der Waals surface area contributed by atoms with Crippen LogP contribution in [0.25, 0.3) is 11.5 Å². The van der Waals surface area contributed by atoms with E-state index in [1.165, 1.54) is 12.4 Å². The van der Waals surface area contributed by atoms with Crippen LogP contribution >= 0.6 is 0 Å². The Bertz CT molecular complexity index is 823. The zero-order valence-electron chi connectivity index (χ0n) is 13.2. The van der Waals surface area contributed by atoms with Crippen molar-refractivity contribution in [2.24, 2.45) is 5.92 Å². The fraction of sp³-hybridized carbons (Fsp3) is 0.538. The minimum Gasteiger partial charge on any atom is -0.415 e. The number of hydrogen-bond donors (Lipinski definition) is 2. The quantitative estimate of drug-likeness (QED) is 0.707. The highest BCUT2D eigenvalue weighted by Gasteiger charge is 2.32. The molecule has 0 spiro atoms. The van der Waals surface area contributed by atoms with Crippen LogP contribution in [0, 0.1) is 5.92 Å². The van der Waals surface area contributed by atoms with E-state index in [1.54, 1.807) is 0 Å². The monoisotopic (exact) mass is 374 g/mol. The molecular formula is C13H16F2N6O3S. The summed E-state index contributed by atoms with van der Waals surface area (Å²) in [6.45, 7) is 0.232. The molecule has 136 valence electrons. The average Bonchev–Trinajstić information content (AvgIpc) is 3.27. The molecule has 0 bridgehead atoms. The summed E-state index contributed by atoms with van der Waals surface area (Å²) in [6.07, 6.45) is 2.99. The van der Waals surface area contributed by atoms with Gasteiger partial charge in [0.15, 0.2) is 0 Å². The summed E-state index contributed by atoms with van der Waals surface area (Å²) >= 11 is 0. The van der Waals surface area contributed by atoms with Crippen molar-refractivity contribution in [3.05, 3.63) is 18.3 Å². The third kappa shape index (κ3) is 4.89. The standard InChI is InChI=1S/C13H16F2N6O3S/c1-25(22,23)18-6-9(7-2-3-7)19-13-16-4-8(5-17-13)11-20-21-12(24-11)10(14)15/h4-5,7,9-10,18H,2-3,6H2,1H3,(H,16,17,19). The molecule has 0 aromatic carbocycles. The average molecular weight is 374 g/mol. The summed E-state index contributed by atoms with van der Waals surface area (Å²) < 4.78 is 54.7. The molecule has 1 saturated carbocycles. The number of alkyl halides is 2. The first-order valence-corrected chi connectivity index (χ1v) is 9.36. The Morgan fingerprint density at radius 1 is 1.28 bits per heavy atom. The van der Waals surface area contributed by atoms with E-state index in [2.05, 4.69) is 30.2 Å². The van der Waals surface area contributed by atoms with Gasteiger partial charge < -0.3 is 9.73 Å². The van der Waals surface area contributed by atoms with Crippen LogP contribution in [0.1, 0.15) is 25.2 Å². The molecule has 12 heteroatoms. The smallest absolute Gasteiger partial charge is 0.314 e. The molecular weight excluding hydrogens is 358 g/mol. The van der Waals surface area contributed by atoms with Gasteiger partial charge >= 0.3 is 6.43 Å². The van der Waals surface area contributed by atoms with Crippen LogP contribution in [-0.4, -0.2) is 47.4 Å². The minimum atomic E-state index is -3.28. The summed E-state index contributed by atoms with van der Waals surface area (Å²) in [7, 11) is -3.28. The first kappa shape index (κ1) is 17.6. The van der Waals surface area contributed by atoms with Crippen LogP contribution in [0.4, 0.5) is 14.7 Å². The maximum Gasteiger partial charge on any atom is 0.314 e. The molecule has 2 heterocycles. The number of nitrogens with one attached hydrogen (secondary N) is 2. The second-order valence-electron chi connectivity index (χ2n) is 5.75. The maximum absolute atomic E-state index is 12.5.